The molecule has 88 valence electrons. The molecule has 1 aliphatic rings. The molecule has 1 atom stereocenters. The summed E-state index contributed by atoms with van der Waals surface area (Å²) in [6.45, 7) is 0. The summed E-state index contributed by atoms with van der Waals surface area (Å²) >= 11 is 0. The van der Waals surface area contributed by atoms with Crippen molar-refractivity contribution in [3.63, 3.8) is 0 Å². The molecule has 0 heterocycles. The van der Waals surface area contributed by atoms with Gasteiger partial charge in [0.15, 0.2) is 11.6 Å². The fraction of sp³-hybridized carbons (Fsp3) is 0.500. The number of benzene rings is 1. The van der Waals surface area contributed by atoms with Gasteiger partial charge in [0.2, 0.25) is 0 Å². The highest BCUT2D eigenvalue weighted by atomic mass is 19.1. The van der Waals surface area contributed by atoms with Gasteiger partial charge in [0.25, 0.3) is 0 Å². The molecule has 2 rings (SSSR count). The van der Waals surface area contributed by atoms with E-state index in [0.29, 0.717) is 12.0 Å². The first-order valence-corrected chi connectivity index (χ1v) is 5.46. The van der Waals surface area contributed by atoms with Gasteiger partial charge in [-0.1, -0.05) is 6.07 Å². The quantitative estimate of drug-likeness (QED) is 0.735. The minimum absolute atomic E-state index is 0.298. The average molecular weight is 225 g/mol. The van der Waals surface area contributed by atoms with E-state index in [-0.39, 0.29) is 5.54 Å². The first kappa shape index (κ1) is 11.4. The summed E-state index contributed by atoms with van der Waals surface area (Å²) in [6, 6.07) is 3.92. The lowest BCUT2D eigenvalue weighted by atomic mass is 9.73. The Hall–Kier alpha value is -1.13. The molecule has 1 aromatic rings. The second-order valence-electron chi connectivity index (χ2n) is 4.65. The lowest BCUT2D eigenvalue weighted by Crippen LogP contribution is -2.47. The van der Waals surface area contributed by atoms with Crippen molar-refractivity contribution in [2.24, 2.45) is 5.73 Å². The third-order valence-corrected chi connectivity index (χ3v) is 3.31. The number of hydrogen-bond acceptors (Lipinski definition) is 3. The lowest BCUT2D eigenvalue weighted by molar-refractivity contribution is 0.0983. The maximum atomic E-state index is 13.1. The number of aromatic hydroxyl groups is 1. The Morgan fingerprint density at radius 3 is 2.62 bits per heavy atom. The molecule has 1 aliphatic carbocycles. The second-order valence-corrected chi connectivity index (χ2v) is 4.65. The fourth-order valence-electron chi connectivity index (χ4n) is 2.07. The van der Waals surface area contributed by atoms with Gasteiger partial charge >= 0.3 is 0 Å². The van der Waals surface area contributed by atoms with Crippen LogP contribution in [0.2, 0.25) is 0 Å². The van der Waals surface area contributed by atoms with Crippen LogP contribution >= 0.6 is 0 Å². The van der Waals surface area contributed by atoms with Gasteiger partial charge in [-0.15, -0.1) is 0 Å². The largest absolute Gasteiger partial charge is 0.505 e. The fourth-order valence-corrected chi connectivity index (χ4v) is 2.07. The van der Waals surface area contributed by atoms with Crippen molar-refractivity contribution < 1.29 is 14.6 Å². The Morgan fingerprint density at radius 2 is 2.12 bits per heavy atom. The molecular weight excluding hydrogens is 209 g/mol. The zero-order valence-electron chi connectivity index (χ0n) is 8.99. The van der Waals surface area contributed by atoms with Crippen LogP contribution in [-0.4, -0.2) is 15.8 Å². The van der Waals surface area contributed by atoms with E-state index in [1.165, 1.54) is 12.1 Å². The highest BCUT2D eigenvalue weighted by Gasteiger charge is 2.34. The molecular formula is C12H16FNO2. The summed E-state index contributed by atoms with van der Waals surface area (Å²) < 4.78 is 13.1. The lowest BCUT2D eigenvalue weighted by Gasteiger charge is -2.39. The standard InChI is InChI=1S/C12H16FNO2/c13-9-6-8(2-3-10(9)15)11(16)7-12(14)4-1-5-12/h2-3,6,11,15-16H,1,4-5,7,14H2. The van der Waals surface area contributed by atoms with E-state index in [1.54, 1.807) is 0 Å². The van der Waals surface area contributed by atoms with Gasteiger partial charge in [-0.2, -0.15) is 0 Å². The molecule has 0 bridgehead atoms. The molecule has 4 N–H and O–H groups in total. The Labute approximate surface area is 93.7 Å². The van der Waals surface area contributed by atoms with Gasteiger partial charge < -0.3 is 15.9 Å². The average Bonchev–Trinajstić information content (AvgIpc) is 2.19. The van der Waals surface area contributed by atoms with Crippen LogP contribution in [-0.2, 0) is 0 Å². The molecule has 1 unspecified atom stereocenters. The van der Waals surface area contributed by atoms with E-state index < -0.39 is 17.7 Å². The predicted molar refractivity (Wildman–Crippen MR) is 58.4 cm³/mol. The summed E-state index contributed by atoms with van der Waals surface area (Å²) in [4.78, 5) is 0. The second kappa shape index (κ2) is 4.03. The number of aliphatic hydroxyl groups excluding tert-OH is 1. The van der Waals surface area contributed by atoms with Gasteiger partial charge in [-0.3, -0.25) is 0 Å². The van der Waals surface area contributed by atoms with Crippen molar-refractivity contribution in [2.45, 2.75) is 37.3 Å². The zero-order valence-corrected chi connectivity index (χ0v) is 8.99. The molecule has 0 aromatic heterocycles. The molecule has 1 fully saturated rings. The number of nitrogens with two attached hydrogens (primary N) is 1. The predicted octanol–water partition coefficient (Wildman–Crippen LogP) is 1.84. The van der Waals surface area contributed by atoms with Crippen molar-refractivity contribution in [1.82, 2.24) is 0 Å². The number of phenolic OH excluding ortho intramolecular Hbond substituents is 1. The minimum Gasteiger partial charge on any atom is -0.505 e. The minimum atomic E-state index is -0.764. The SMILES string of the molecule is NC1(CC(O)c2ccc(O)c(F)c2)CCC1. The Bertz CT molecular complexity index is 391. The van der Waals surface area contributed by atoms with E-state index in [2.05, 4.69) is 0 Å². The first-order valence-electron chi connectivity index (χ1n) is 5.46. The van der Waals surface area contributed by atoms with Gasteiger partial charge in [0.05, 0.1) is 6.10 Å². The number of rotatable bonds is 3. The summed E-state index contributed by atoms with van der Waals surface area (Å²) in [6.07, 6.45) is 2.58. The molecule has 16 heavy (non-hydrogen) atoms. The molecule has 0 aliphatic heterocycles. The molecule has 1 aromatic carbocycles. The smallest absolute Gasteiger partial charge is 0.165 e. The van der Waals surface area contributed by atoms with Crippen LogP contribution in [0, 0.1) is 5.82 Å². The van der Waals surface area contributed by atoms with Crippen LogP contribution in [0.5, 0.6) is 5.75 Å². The highest BCUT2D eigenvalue weighted by Crippen LogP contribution is 2.37. The molecule has 1 saturated carbocycles. The third-order valence-electron chi connectivity index (χ3n) is 3.31. The van der Waals surface area contributed by atoms with E-state index in [4.69, 9.17) is 10.8 Å². The van der Waals surface area contributed by atoms with Crippen molar-refractivity contribution >= 4 is 0 Å². The monoisotopic (exact) mass is 225 g/mol. The number of halogens is 1. The molecule has 0 spiro atoms. The number of phenols is 1. The Morgan fingerprint density at radius 1 is 1.44 bits per heavy atom. The van der Waals surface area contributed by atoms with Crippen LogP contribution < -0.4 is 5.73 Å². The number of aliphatic hydroxyl groups is 1. The van der Waals surface area contributed by atoms with E-state index in [1.807, 2.05) is 0 Å². The van der Waals surface area contributed by atoms with Crippen LogP contribution in [0.15, 0.2) is 18.2 Å². The van der Waals surface area contributed by atoms with Crippen LogP contribution in [0.25, 0.3) is 0 Å². The normalized spacial score (nSPS) is 20.2. The van der Waals surface area contributed by atoms with Crippen molar-refractivity contribution in [1.29, 1.82) is 0 Å². The van der Waals surface area contributed by atoms with Crippen molar-refractivity contribution in [3.8, 4) is 5.75 Å². The summed E-state index contributed by atoms with van der Waals surface area (Å²) in [5, 5.41) is 18.9. The Kier molecular flexibility index (Phi) is 2.86. The van der Waals surface area contributed by atoms with Gasteiger partial charge in [0, 0.05) is 5.54 Å². The summed E-state index contributed by atoms with van der Waals surface area (Å²) in [5.74, 6) is -1.11. The topological polar surface area (TPSA) is 66.5 Å². The molecule has 0 amide bonds. The molecule has 4 heteroatoms. The first-order chi connectivity index (χ1) is 7.50. The van der Waals surface area contributed by atoms with Crippen LogP contribution in [0.4, 0.5) is 4.39 Å². The third kappa shape index (κ3) is 2.18. The van der Waals surface area contributed by atoms with Gasteiger partial charge in [-0.05, 0) is 43.4 Å². The molecule has 0 saturated heterocycles. The van der Waals surface area contributed by atoms with E-state index >= 15 is 0 Å². The Balaban J connectivity index is 2.08. The molecule has 0 radical (unpaired) electrons. The zero-order chi connectivity index (χ0) is 11.8. The van der Waals surface area contributed by atoms with Gasteiger partial charge in [0.1, 0.15) is 0 Å². The summed E-state index contributed by atoms with van der Waals surface area (Å²) in [5.41, 5.74) is 6.17. The van der Waals surface area contributed by atoms with E-state index in [0.717, 1.165) is 25.3 Å². The molecule has 3 nitrogen and oxygen atoms in total. The highest BCUT2D eigenvalue weighted by molar-refractivity contribution is 5.29. The van der Waals surface area contributed by atoms with Crippen LogP contribution in [0.3, 0.4) is 0 Å². The summed E-state index contributed by atoms with van der Waals surface area (Å²) in [7, 11) is 0. The van der Waals surface area contributed by atoms with Crippen molar-refractivity contribution in [3.05, 3.63) is 29.6 Å². The van der Waals surface area contributed by atoms with E-state index in [9.17, 15) is 9.50 Å². The van der Waals surface area contributed by atoms with Crippen molar-refractivity contribution in [2.75, 3.05) is 0 Å². The maximum absolute atomic E-state index is 13.1. The van der Waals surface area contributed by atoms with Gasteiger partial charge in [-0.25, -0.2) is 4.39 Å². The number of hydrogen-bond donors (Lipinski definition) is 3. The maximum Gasteiger partial charge on any atom is 0.165 e. The van der Waals surface area contributed by atoms with Crippen LogP contribution in [0.1, 0.15) is 37.4 Å².